The predicted molar refractivity (Wildman–Crippen MR) is 57.5 cm³/mol. The summed E-state index contributed by atoms with van der Waals surface area (Å²) in [5.74, 6) is 0. The Balaban J connectivity index is 3.02. The average molecular weight is 217 g/mol. The Morgan fingerprint density at radius 1 is 1.64 bits per heavy atom. The first kappa shape index (κ1) is 11.5. The molecule has 1 aromatic rings. The van der Waals surface area contributed by atoms with E-state index in [2.05, 4.69) is 18.9 Å². The van der Waals surface area contributed by atoms with Crippen molar-refractivity contribution in [3.05, 3.63) is 16.9 Å². The Bertz CT molecular complexity index is 298. The molecule has 1 rings (SSSR count). The second kappa shape index (κ2) is 3.91. The summed E-state index contributed by atoms with van der Waals surface area (Å²) >= 11 is 6.05. The van der Waals surface area contributed by atoms with E-state index in [1.165, 1.54) is 0 Å². The monoisotopic (exact) mass is 216 g/mol. The topological polar surface area (TPSA) is 38.1 Å². The lowest BCUT2D eigenvalue weighted by Crippen LogP contribution is -2.26. The van der Waals surface area contributed by atoms with E-state index >= 15 is 0 Å². The molecule has 14 heavy (non-hydrogen) atoms. The molecule has 1 heterocycles. The van der Waals surface area contributed by atoms with E-state index in [4.69, 9.17) is 11.6 Å². The van der Waals surface area contributed by atoms with Crippen LogP contribution >= 0.6 is 11.6 Å². The fourth-order valence-corrected chi connectivity index (χ4v) is 2.43. The van der Waals surface area contributed by atoms with E-state index in [0.29, 0.717) is 11.4 Å². The molecule has 80 valence electrons. The number of rotatable bonds is 3. The molecular weight excluding hydrogens is 200 g/mol. The molecule has 0 aliphatic carbocycles. The highest BCUT2D eigenvalue weighted by Gasteiger charge is 2.28. The van der Waals surface area contributed by atoms with Gasteiger partial charge < -0.3 is 5.11 Å². The molecule has 0 saturated heterocycles. The Morgan fingerprint density at radius 2 is 2.21 bits per heavy atom. The molecule has 3 nitrogen and oxygen atoms in total. The van der Waals surface area contributed by atoms with Gasteiger partial charge in [-0.05, 0) is 13.3 Å². The number of nitrogens with zero attached hydrogens (tertiary/aromatic N) is 2. The van der Waals surface area contributed by atoms with Gasteiger partial charge >= 0.3 is 0 Å². The van der Waals surface area contributed by atoms with Gasteiger partial charge in [-0.3, -0.25) is 4.68 Å². The maximum Gasteiger partial charge on any atom is 0.0823 e. The van der Waals surface area contributed by atoms with Crippen molar-refractivity contribution in [2.45, 2.75) is 38.7 Å². The van der Waals surface area contributed by atoms with E-state index in [9.17, 15) is 5.11 Å². The van der Waals surface area contributed by atoms with Gasteiger partial charge in [0.05, 0.1) is 23.0 Å². The summed E-state index contributed by atoms with van der Waals surface area (Å²) in [5.41, 5.74) is 0.816. The third-order valence-corrected chi connectivity index (χ3v) is 2.62. The standard InChI is InChI=1S/C10H17ClN2O/c1-7(14)5-10(2,3)9-8(11)6-12-13(9)4/h6-7,14H,5H2,1-4H3. The van der Waals surface area contributed by atoms with Crippen LogP contribution in [0, 0.1) is 0 Å². The van der Waals surface area contributed by atoms with Gasteiger partial charge in [0.1, 0.15) is 0 Å². The smallest absolute Gasteiger partial charge is 0.0823 e. The third kappa shape index (κ3) is 2.28. The molecule has 1 atom stereocenters. The third-order valence-electron chi connectivity index (χ3n) is 2.34. The Labute approximate surface area is 89.7 Å². The zero-order valence-electron chi connectivity index (χ0n) is 9.08. The normalized spacial score (nSPS) is 14.4. The summed E-state index contributed by atoms with van der Waals surface area (Å²) in [5, 5.41) is 14.2. The summed E-state index contributed by atoms with van der Waals surface area (Å²) in [6, 6.07) is 0. The van der Waals surface area contributed by atoms with E-state index in [1.807, 2.05) is 7.05 Å². The van der Waals surface area contributed by atoms with Crippen molar-refractivity contribution in [3.8, 4) is 0 Å². The van der Waals surface area contributed by atoms with Crippen LogP contribution in [0.3, 0.4) is 0 Å². The van der Waals surface area contributed by atoms with Crippen molar-refractivity contribution in [2.75, 3.05) is 0 Å². The molecule has 0 radical (unpaired) electrons. The lowest BCUT2D eigenvalue weighted by molar-refractivity contribution is 0.154. The predicted octanol–water partition coefficient (Wildman–Crippen LogP) is 2.12. The van der Waals surface area contributed by atoms with Crippen LogP contribution in [0.4, 0.5) is 0 Å². The average Bonchev–Trinajstić information content (AvgIpc) is 2.27. The zero-order chi connectivity index (χ0) is 10.9. The van der Waals surface area contributed by atoms with Gasteiger partial charge in [0.25, 0.3) is 0 Å². The quantitative estimate of drug-likeness (QED) is 0.841. The van der Waals surface area contributed by atoms with Crippen molar-refractivity contribution in [1.29, 1.82) is 0 Å². The van der Waals surface area contributed by atoms with Gasteiger partial charge in [0.2, 0.25) is 0 Å². The van der Waals surface area contributed by atoms with Gasteiger partial charge in [-0.15, -0.1) is 0 Å². The molecular formula is C10H17ClN2O. The van der Waals surface area contributed by atoms with E-state index in [-0.39, 0.29) is 11.5 Å². The van der Waals surface area contributed by atoms with Crippen LogP contribution < -0.4 is 0 Å². The molecule has 0 amide bonds. The van der Waals surface area contributed by atoms with Gasteiger partial charge in [-0.25, -0.2) is 0 Å². The van der Waals surface area contributed by atoms with Crippen molar-refractivity contribution in [2.24, 2.45) is 7.05 Å². The lowest BCUT2D eigenvalue weighted by Gasteiger charge is -2.26. The van der Waals surface area contributed by atoms with Crippen molar-refractivity contribution < 1.29 is 5.11 Å². The SMILES string of the molecule is CC(O)CC(C)(C)c1c(Cl)cnn1C. The Kier molecular flexibility index (Phi) is 3.22. The molecule has 1 aromatic heterocycles. The number of hydrogen-bond acceptors (Lipinski definition) is 2. The van der Waals surface area contributed by atoms with Crippen LogP contribution in [-0.4, -0.2) is 21.0 Å². The fraction of sp³-hybridized carbons (Fsp3) is 0.700. The molecule has 0 aromatic carbocycles. The number of halogens is 1. The first-order valence-electron chi connectivity index (χ1n) is 4.70. The Hall–Kier alpha value is -0.540. The number of aliphatic hydroxyl groups is 1. The highest BCUT2D eigenvalue weighted by atomic mass is 35.5. The molecule has 4 heteroatoms. The lowest BCUT2D eigenvalue weighted by atomic mass is 9.83. The second-order valence-electron chi connectivity index (χ2n) is 4.40. The minimum Gasteiger partial charge on any atom is -0.393 e. The van der Waals surface area contributed by atoms with Crippen molar-refractivity contribution in [1.82, 2.24) is 9.78 Å². The summed E-state index contributed by atoms with van der Waals surface area (Å²) in [6.07, 6.45) is 1.98. The van der Waals surface area contributed by atoms with Crippen LogP contribution in [-0.2, 0) is 12.5 Å². The molecule has 0 spiro atoms. The molecule has 1 N–H and O–H groups in total. The highest BCUT2D eigenvalue weighted by Crippen LogP contribution is 2.32. The minimum absolute atomic E-state index is 0.156. The maximum atomic E-state index is 9.40. The summed E-state index contributed by atoms with van der Waals surface area (Å²) in [6.45, 7) is 5.90. The first-order valence-corrected chi connectivity index (χ1v) is 5.08. The minimum atomic E-state index is -0.337. The Morgan fingerprint density at radius 3 is 2.57 bits per heavy atom. The van der Waals surface area contributed by atoms with Crippen molar-refractivity contribution in [3.63, 3.8) is 0 Å². The summed E-state index contributed by atoms with van der Waals surface area (Å²) < 4.78 is 1.77. The number of aryl methyl sites for hydroxylation is 1. The highest BCUT2D eigenvalue weighted by molar-refractivity contribution is 6.31. The maximum absolute atomic E-state index is 9.40. The van der Waals surface area contributed by atoms with Gasteiger partial charge in [-0.2, -0.15) is 5.10 Å². The van der Waals surface area contributed by atoms with Crippen molar-refractivity contribution >= 4 is 11.6 Å². The fourth-order valence-electron chi connectivity index (χ4n) is 2.01. The van der Waals surface area contributed by atoms with Crippen LogP contribution in [0.1, 0.15) is 32.9 Å². The van der Waals surface area contributed by atoms with Gasteiger partial charge in [0, 0.05) is 12.5 Å². The first-order chi connectivity index (χ1) is 6.34. The van der Waals surface area contributed by atoms with E-state index in [1.54, 1.807) is 17.8 Å². The molecule has 0 aliphatic rings. The number of hydrogen-bond donors (Lipinski definition) is 1. The molecule has 0 aliphatic heterocycles. The molecule has 1 unspecified atom stereocenters. The largest absolute Gasteiger partial charge is 0.393 e. The molecule has 0 bridgehead atoms. The molecule has 0 fully saturated rings. The second-order valence-corrected chi connectivity index (χ2v) is 4.81. The van der Waals surface area contributed by atoms with Gasteiger partial charge in [0.15, 0.2) is 0 Å². The van der Waals surface area contributed by atoms with E-state index in [0.717, 1.165) is 5.69 Å². The van der Waals surface area contributed by atoms with E-state index < -0.39 is 0 Å². The zero-order valence-corrected chi connectivity index (χ0v) is 9.84. The summed E-state index contributed by atoms with van der Waals surface area (Å²) in [7, 11) is 1.87. The van der Waals surface area contributed by atoms with Crippen LogP contribution in [0.5, 0.6) is 0 Å². The van der Waals surface area contributed by atoms with Crippen LogP contribution in [0.2, 0.25) is 5.02 Å². The number of aliphatic hydroxyl groups excluding tert-OH is 1. The van der Waals surface area contributed by atoms with Crippen LogP contribution in [0.15, 0.2) is 6.20 Å². The summed E-state index contributed by atoms with van der Waals surface area (Å²) in [4.78, 5) is 0. The number of aromatic nitrogens is 2. The van der Waals surface area contributed by atoms with Crippen LogP contribution in [0.25, 0.3) is 0 Å². The molecule has 0 saturated carbocycles. The van der Waals surface area contributed by atoms with Gasteiger partial charge in [-0.1, -0.05) is 25.4 Å².